The lowest BCUT2D eigenvalue weighted by molar-refractivity contribution is -0.179. The van der Waals surface area contributed by atoms with Crippen molar-refractivity contribution in [2.45, 2.75) is 39.3 Å². The minimum Gasteiger partial charge on any atom is -0.436 e. The van der Waals surface area contributed by atoms with E-state index in [-0.39, 0.29) is 52.4 Å². The zero-order valence-electron chi connectivity index (χ0n) is 19.5. The van der Waals surface area contributed by atoms with E-state index in [1.165, 1.54) is 13.8 Å². The molecule has 192 valence electrons. The van der Waals surface area contributed by atoms with Crippen LogP contribution < -0.4 is 0 Å². The van der Waals surface area contributed by atoms with E-state index in [1.54, 1.807) is 0 Å². The van der Waals surface area contributed by atoms with E-state index in [2.05, 4.69) is 0 Å². The second-order valence-corrected chi connectivity index (χ2v) is 7.29. The molecule has 2 rings (SSSR count). The van der Waals surface area contributed by atoms with Gasteiger partial charge >= 0.3 is 11.9 Å². The van der Waals surface area contributed by atoms with Crippen molar-refractivity contribution >= 4 is 35.6 Å². The van der Waals surface area contributed by atoms with E-state index in [4.69, 9.17) is 23.7 Å². The molecule has 0 aromatic carbocycles. The van der Waals surface area contributed by atoms with Gasteiger partial charge in [0.1, 0.15) is 0 Å². The predicted molar refractivity (Wildman–Crippen MR) is 115 cm³/mol. The maximum Gasteiger partial charge on any atom is 0.309 e. The second-order valence-electron chi connectivity index (χ2n) is 7.29. The fraction of sp³-hybridized carbons (Fsp3) is 0.545. The summed E-state index contributed by atoms with van der Waals surface area (Å²) in [6, 6.07) is 0. The number of carbonyl (C=O) groups excluding carboxylic acids is 6. The van der Waals surface area contributed by atoms with Gasteiger partial charge in [-0.3, -0.25) is 38.6 Å². The van der Waals surface area contributed by atoms with Gasteiger partial charge in [0.15, 0.2) is 12.6 Å². The van der Waals surface area contributed by atoms with E-state index in [0.717, 1.165) is 34.1 Å². The van der Waals surface area contributed by atoms with Crippen molar-refractivity contribution in [2.24, 2.45) is 0 Å². The monoisotopic (exact) mass is 496 g/mol. The van der Waals surface area contributed by atoms with Gasteiger partial charge in [-0.05, 0) is 13.8 Å². The minimum absolute atomic E-state index is 0.0671. The molecule has 0 fully saturated rings. The molecule has 0 aliphatic carbocycles. The van der Waals surface area contributed by atoms with E-state index in [0.29, 0.717) is 0 Å². The summed E-state index contributed by atoms with van der Waals surface area (Å²) in [5, 5.41) is 0. The largest absolute Gasteiger partial charge is 0.436 e. The SMILES string of the molecule is CC(OCCOCCOC(C)OC(=O)CCN1C(=O)C=CC1=O)OC(=O)CCN1C(=O)C=CC1=O. The van der Waals surface area contributed by atoms with E-state index >= 15 is 0 Å². The first-order valence-corrected chi connectivity index (χ1v) is 10.9. The topological polar surface area (TPSA) is 155 Å². The molecule has 2 unspecified atom stereocenters. The maximum absolute atomic E-state index is 11.8. The van der Waals surface area contributed by atoms with Crippen molar-refractivity contribution < 1.29 is 52.5 Å². The molecule has 2 heterocycles. The first-order valence-electron chi connectivity index (χ1n) is 10.9. The molecule has 4 amide bonds. The quantitative estimate of drug-likeness (QED) is 0.117. The van der Waals surface area contributed by atoms with Gasteiger partial charge in [-0.1, -0.05) is 0 Å². The van der Waals surface area contributed by atoms with Crippen LogP contribution in [0, 0.1) is 0 Å². The summed E-state index contributed by atoms with van der Waals surface area (Å²) >= 11 is 0. The number of nitrogens with zero attached hydrogens (tertiary/aromatic N) is 2. The van der Waals surface area contributed by atoms with Gasteiger partial charge in [0.05, 0.1) is 39.3 Å². The summed E-state index contributed by atoms with van der Waals surface area (Å²) in [7, 11) is 0. The zero-order valence-corrected chi connectivity index (χ0v) is 19.5. The van der Waals surface area contributed by atoms with Gasteiger partial charge in [0.25, 0.3) is 23.6 Å². The van der Waals surface area contributed by atoms with Gasteiger partial charge in [0, 0.05) is 37.4 Å². The first-order chi connectivity index (χ1) is 16.7. The normalized spacial score (nSPS) is 16.9. The van der Waals surface area contributed by atoms with Crippen LogP contribution >= 0.6 is 0 Å². The molecule has 13 heteroatoms. The Hall–Kier alpha value is -3.42. The molecule has 2 aliphatic heterocycles. The number of esters is 2. The van der Waals surface area contributed by atoms with E-state index in [9.17, 15) is 28.8 Å². The fourth-order valence-corrected chi connectivity index (χ4v) is 2.91. The smallest absolute Gasteiger partial charge is 0.309 e. The van der Waals surface area contributed by atoms with E-state index in [1.807, 2.05) is 0 Å². The summed E-state index contributed by atoms with van der Waals surface area (Å²) < 4.78 is 26.0. The van der Waals surface area contributed by atoms with Crippen molar-refractivity contribution in [3.8, 4) is 0 Å². The zero-order chi connectivity index (χ0) is 25.8. The number of amides is 4. The lowest BCUT2D eigenvalue weighted by atomic mass is 10.4. The lowest BCUT2D eigenvalue weighted by Gasteiger charge is -2.17. The Balaban J connectivity index is 1.44. The van der Waals surface area contributed by atoms with Gasteiger partial charge < -0.3 is 23.7 Å². The van der Waals surface area contributed by atoms with Crippen LogP contribution in [0.15, 0.2) is 24.3 Å². The highest BCUT2D eigenvalue weighted by molar-refractivity contribution is 6.13. The Morgan fingerprint density at radius 3 is 1.34 bits per heavy atom. The second kappa shape index (κ2) is 14.1. The standard InChI is InChI=1S/C22H28N2O11/c1-15(34-21(29)7-9-23-17(25)3-4-18(23)26)32-13-11-31-12-14-33-16(2)35-22(30)8-10-24-19(27)5-6-20(24)28/h3-6,15-16H,7-14H2,1-2H3. The van der Waals surface area contributed by atoms with E-state index < -0.39 is 48.1 Å². The van der Waals surface area contributed by atoms with Gasteiger partial charge in [-0.2, -0.15) is 0 Å². The highest BCUT2D eigenvalue weighted by Gasteiger charge is 2.25. The van der Waals surface area contributed by atoms with Crippen molar-refractivity contribution in [2.75, 3.05) is 39.5 Å². The summed E-state index contributed by atoms with van der Waals surface area (Å²) in [6.07, 6.45) is 2.59. The maximum atomic E-state index is 11.8. The van der Waals surface area contributed by atoms with Crippen LogP contribution in [-0.2, 0) is 52.5 Å². The molecular formula is C22H28N2O11. The van der Waals surface area contributed by atoms with Crippen molar-refractivity contribution in [3.05, 3.63) is 24.3 Å². The number of ether oxygens (including phenoxy) is 5. The third-order valence-corrected chi connectivity index (χ3v) is 4.64. The molecule has 2 atom stereocenters. The molecule has 0 bridgehead atoms. The summed E-state index contributed by atoms with van der Waals surface area (Å²) in [5.74, 6) is -3.09. The van der Waals surface area contributed by atoms with Crippen molar-refractivity contribution in [1.82, 2.24) is 9.80 Å². The molecule has 13 nitrogen and oxygen atoms in total. The predicted octanol–water partition coefficient (Wildman–Crippen LogP) is -0.555. The molecule has 35 heavy (non-hydrogen) atoms. The number of carbonyl (C=O) groups is 6. The summed E-state index contributed by atoms with van der Waals surface area (Å²) in [4.78, 5) is 71.1. The molecule has 0 saturated carbocycles. The number of rotatable bonds is 16. The molecule has 0 radical (unpaired) electrons. The molecular weight excluding hydrogens is 468 g/mol. The molecule has 0 aromatic heterocycles. The number of hydrogen-bond acceptors (Lipinski definition) is 11. The van der Waals surface area contributed by atoms with Crippen LogP contribution in [0.2, 0.25) is 0 Å². The molecule has 0 saturated heterocycles. The Morgan fingerprint density at radius 1 is 0.657 bits per heavy atom. The van der Waals surface area contributed by atoms with Gasteiger partial charge in [-0.25, -0.2) is 0 Å². The molecule has 0 spiro atoms. The van der Waals surface area contributed by atoms with Gasteiger partial charge in [-0.15, -0.1) is 0 Å². The molecule has 2 aliphatic rings. The van der Waals surface area contributed by atoms with Crippen molar-refractivity contribution in [3.63, 3.8) is 0 Å². The average Bonchev–Trinajstić information content (AvgIpc) is 3.29. The minimum atomic E-state index is -0.841. The number of imide groups is 2. The Kier molecular flexibility index (Phi) is 11.2. The molecule has 0 N–H and O–H groups in total. The lowest BCUT2D eigenvalue weighted by Crippen LogP contribution is -2.33. The third kappa shape index (κ3) is 9.76. The molecule has 0 aromatic rings. The Morgan fingerprint density at radius 2 is 1.00 bits per heavy atom. The highest BCUT2D eigenvalue weighted by atomic mass is 16.7. The highest BCUT2D eigenvalue weighted by Crippen LogP contribution is 2.07. The van der Waals surface area contributed by atoms with Crippen LogP contribution in [0.3, 0.4) is 0 Å². The fourth-order valence-electron chi connectivity index (χ4n) is 2.91. The van der Waals surface area contributed by atoms with Crippen LogP contribution in [-0.4, -0.2) is 97.5 Å². The number of hydrogen-bond donors (Lipinski definition) is 0. The Labute approximate surface area is 201 Å². The van der Waals surface area contributed by atoms with Crippen LogP contribution in [0.4, 0.5) is 0 Å². The van der Waals surface area contributed by atoms with Crippen LogP contribution in [0.25, 0.3) is 0 Å². The van der Waals surface area contributed by atoms with Gasteiger partial charge in [0.2, 0.25) is 0 Å². The summed E-state index contributed by atoms with van der Waals surface area (Å²) in [5.41, 5.74) is 0. The summed E-state index contributed by atoms with van der Waals surface area (Å²) in [6.45, 7) is 3.56. The average molecular weight is 496 g/mol. The van der Waals surface area contributed by atoms with Crippen molar-refractivity contribution in [1.29, 1.82) is 0 Å². The first kappa shape index (κ1) is 27.8. The Bertz CT molecular complexity index is 777. The third-order valence-electron chi connectivity index (χ3n) is 4.64. The van der Waals surface area contributed by atoms with Crippen LogP contribution in [0.1, 0.15) is 26.7 Å². The van der Waals surface area contributed by atoms with Crippen LogP contribution in [0.5, 0.6) is 0 Å².